The van der Waals surface area contributed by atoms with E-state index in [1.54, 1.807) is 0 Å². The fourth-order valence-electron chi connectivity index (χ4n) is 10.2. The molecule has 0 aromatic carbocycles. The molecule has 0 aromatic rings. The van der Waals surface area contributed by atoms with Crippen LogP contribution in [0.4, 0.5) is 0 Å². The molecule has 37 heavy (non-hydrogen) atoms. The number of fused-ring (bicyclic) bond motifs is 8. The molecule has 6 aliphatic rings. The molecule has 2 aliphatic heterocycles. The summed E-state index contributed by atoms with van der Waals surface area (Å²) >= 11 is 0. The van der Waals surface area contributed by atoms with Crippen molar-refractivity contribution in [2.75, 3.05) is 0 Å². The Hall–Kier alpha value is -1.66. The second kappa shape index (κ2) is 7.94. The minimum absolute atomic E-state index is 0.0116. The van der Waals surface area contributed by atoms with Crippen LogP contribution in [0.25, 0.3) is 0 Å². The van der Waals surface area contributed by atoms with Crippen LogP contribution in [0.15, 0.2) is 22.8 Å². The molecule has 0 radical (unpaired) electrons. The quantitative estimate of drug-likeness (QED) is 0.365. The van der Waals surface area contributed by atoms with Gasteiger partial charge in [-0.25, -0.2) is 0 Å². The molecule has 6 heteroatoms. The summed E-state index contributed by atoms with van der Waals surface area (Å²) in [5.41, 5.74) is 1.07. The maximum absolute atomic E-state index is 13.0. The Balaban J connectivity index is 1.60. The molecule has 1 spiro atoms. The standard InChI is InChI=1S/C31H44O6/c1-14-12-15(2)31(13-29(6,34)10-8-20-17(4)28(33)37-26(20)31)23-18(5)22-24(21(14)23)30(7,35)11-9-19-16(3)27(32)36-25(19)22/h12,14,16-17,19-21,23-26,34-35H,8-11,13H2,1-7H3/t14-,16-,17-,19-,20-,21-,23-,24+,25-,26-,29-,30-,31-/m0/s1. The molecule has 4 fully saturated rings. The van der Waals surface area contributed by atoms with E-state index in [0.717, 1.165) is 18.4 Å². The SMILES string of the molecule is CC1=C[C@H](C)[C@H]2[C@H](C(C)=C3[C@H]4OC(=O)[C@@H](C)[C@@H]4CC[C@](C)(O)[C@@H]32)[C@]12C[C@@](C)(O)CC[C@H]1[C@H](C)C(=O)O[C@@H]12. The van der Waals surface area contributed by atoms with Crippen LogP contribution in [0.5, 0.6) is 0 Å². The Morgan fingerprint density at radius 3 is 2.22 bits per heavy atom. The average Bonchev–Trinajstić information content (AvgIpc) is 3.32. The lowest BCUT2D eigenvalue weighted by molar-refractivity contribution is -0.153. The van der Waals surface area contributed by atoms with Gasteiger partial charge >= 0.3 is 11.9 Å². The smallest absolute Gasteiger partial charge is 0.309 e. The van der Waals surface area contributed by atoms with Crippen LogP contribution in [0.3, 0.4) is 0 Å². The molecule has 6 rings (SSSR count). The third-order valence-electron chi connectivity index (χ3n) is 11.9. The molecule has 0 bridgehead atoms. The summed E-state index contributed by atoms with van der Waals surface area (Å²) in [4.78, 5) is 25.8. The molecule has 4 aliphatic carbocycles. The van der Waals surface area contributed by atoms with Crippen molar-refractivity contribution in [3.8, 4) is 0 Å². The first kappa shape index (κ1) is 25.6. The van der Waals surface area contributed by atoms with Crippen molar-refractivity contribution < 1.29 is 29.3 Å². The second-order valence-electron chi connectivity index (χ2n) is 14.1. The fraction of sp³-hybridized carbons (Fsp3) is 0.806. The number of aliphatic hydroxyl groups is 2. The topological polar surface area (TPSA) is 93.1 Å². The zero-order valence-electron chi connectivity index (χ0n) is 23.4. The van der Waals surface area contributed by atoms with Crippen LogP contribution < -0.4 is 0 Å². The van der Waals surface area contributed by atoms with Crippen LogP contribution >= 0.6 is 0 Å². The van der Waals surface area contributed by atoms with Crippen molar-refractivity contribution >= 4 is 11.9 Å². The number of carbonyl (C=O) groups is 2. The number of allylic oxidation sites excluding steroid dienone is 2. The number of carbonyl (C=O) groups excluding carboxylic acids is 2. The molecule has 204 valence electrons. The lowest BCUT2D eigenvalue weighted by Gasteiger charge is -2.54. The molecule has 6 nitrogen and oxygen atoms in total. The summed E-state index contributed by atoms with van der Waals surface area (Å²) in [6.07, 6.45) is 4.98. The lowest BCUT2D eigenvalue weighted by Crippen LogP contribution is -2.55. The van der Waals surface area contributed by atoms with Crippen LogP contribution in [-0.2, 0) is 19.1 Å². The molecule has 13 atom stereocenters. The monoisotopic (exact) mass is 512 g/mol. The summed E-state index contributed by atoms with van der Waals surface area (Å²) in [6, 6.07) is 0. The first-order chi connectivity index (χ1) is 17.2. The molecular weight excluding hydrogens is 468 g/mol. The van der Waals surface area contributed by atoms with Gasteiger partial charge in [-0.05, 0) is 83.1 Å². The Morgan fingerprint density at radius 2 is 1.51 bits per heavy atom. The van der Waals surface area contributed by atoms with Crippen molar-refractivity contribution in [2.45, 2.75) is 104 Å². The number of ether oxygens (including phenoxy) is 2. The van der Waals surface area contributed by atoms with E-state index in [0.29, 0.717) is 19.3 Å². The Bertz CT molecular complexity index is 1100. The summed E-state index contributed by atoms with van der Waals surface area (Å²) in [7, 11) is 0. The fourth-order valence-corrected chi connectivity index (χ4v) is 10.2. The van der Waals surface area contributed by atoms with Gasteiger partial charge in [-0.1, -0.05) is 38.0 Å². The minimum Gasteiger partial charge on any atom is -0.461 e. The summed E-state index contributed by atoms with van der Waals surface area (Å²) in [6.45, 7) is 14.4. The largest absolute Gasteiger partial charge is 0.461 e. The molecular formula is C31H44O6. The van der Waals surface area contributed by atoms with Gasteiger partial charge in [0.1, 0.15) is 12.2 Å². The van der Waals surface area contributed by atoms with Crippen molar-refractivity contribution in [1.82, 2.24) is 0 Å². The summed E-state index contributed by atoms with van der Waals surface area (Å²) < 4.78 is 12.4. The third kappa shape index (κ3) is 3.30. The average molecular weight is 513 g/mol. The van der Waals surface area contributed by atoms with E-state index in [9.17, 15) is 19.8 Å². The van der Waals surface area contributed by atoms with Gasteiger partial charge < -0.3 is 19.7 Å². The maximum Gasteiger partial charge on any atom is 0.309 e. The third-order valence-corrected chi connectivity index (χ3v) is 11.9. The Kier molecular flexibility index (Phi) is 5.49. The van der Waals surface area contributed by atoms with Crippen LogP contribution in [0.1, 0.15) is 80.6 Å². The highest BCUT2D eigenvalue weighted by atomic mass is 16.6. The van der Waals surface area contributed by atoms with Crippen LogP contribution in [-0.4, -0.2) is 45.6 Å². The zero-order valence-corrected chi connectivity index (χ0v) is 23.4. The van der Waals surface area contributed by atoms with Crippen molar-refractivity contribution in [2.24, 2.45) is 52.8 Å². The van der Waals surface area contributed by atoms with Gasteiger partial charge in [-0.2, -0.15) is 0 Å². The van der Waals surface area contributed by atoms with Gasteiger partial charge in [0, 0.05) is 23.2 Å². The first-order valence-corrected chi connectivity index (χ1v) is 14.5. The van der Waals surface area contributed by atoms with E-state index in [2.05, 4.69) is 26.8 Å². The minimum atomic E-state index is -0.937. The second-order valence-corrected chi connectivity index (χ2v) is 14.1. The number of rotatable bonds is 0. The van der Waals surface area contributed by atoms with E-state index >= 15 is 0 Å². The predicted octanol–water partition coefficient (Wildman–Crippen LogP) is 4.58. The van der Waals surface area contributed by atoms with Gasteiger partial charge in [0.2, 0.25) is 0 Å². The Morgan fingerprint density at radius 1 is 0.892 bits per heavy atom. The van der Waals surface area contributed by atoms with E-state index < -0.39 is 16.6 Å². The van der Waals surface area contributed by atoms with Crippen molar-refractivity contribution in [1.29, 1.82) is 0 Å². The predicted molar refractivity (Wildman–Crippen MR) is 138 cm³/mol. The van der Waals surface area contributed by atoms with Gasteiger partial charge in [0.05, 0.1) is 23.0 Å². The number of esters is 2. The summed E-state index contributed by atoms with van der Waals surface area (Å²) in [5, 5.41) is 23.8. The molecule has 2 heterocycles. The van der Waals surface area contributed by atoms with E-state index in [1.165, 1.54) is 11.1 Å². The van der Waals surface area contributed by atoms with Gasteiger partial charge in [-0.15, -0.1) is 0 Å². The summed E-state index contributed by atoms with van der Waals surface area (Å²) in [5.74, 6) is -0.467. The lowest BCUT2D eigenvalue weighted by atomic mass is 9.50. The highest BCUT2D eigenvalue weighted by Crippen LogP contribution is 2.69. The maximum atomic E-state index is 13.0. The van der Waals surface area contributed by atoms with Crippen molar-refractivity contribution in [3.05, 3.63) is 22.8 Å². The number of hydrogen-bond donors (Lipinski definition) is 2. The molecule has 0 unspecified atom stereocenters. The number of hydrogen-bond acceptors (Lipinski definition) is 6. The first-order valence-electron chi connectivity index (χ1n) is 14.5. The van der Waals surface area contributed by atoms with Crippen molar-refractivity contribution in [3.63, 3.8) is 0 Å². The van der Waals surface area contributed by atoms with E-state index in [4.69, 9.17) is 9.47 Å². The zero-order chi connectivity index (χ0) is 26.8. The van der Waals surface area contributed by atoms with Crippen LogP contribution in [0.2, 0.25) is 0 Å². The molecule has 2 saturated carbocycles. The van der Waals surface area contributed by atoms with E-state index in [1.807, 2.05) is 27.7 Å². The van der Waals surface area contributed by atoms with Crippen LogP contribution in [0, 0.1) is 52.8 Å². The van der Waals surface area contributed by atoms with Gasteiger partial charge in [0.25, 0.3) is 0 Å². The van der Waals surface area contributed by atoms with E-state index in [-0.39, 0.29) is 71.5 Å². The highest BCUT2D eigenvalue weighted by Gasteiger charge is 2.69. The van der Waals surface area contributed by atoms with Gasteiger partial charge in [0.15, 0.2) is 0 Å². The molecule has 0 amide bonds. The molecule has 2 N–H and O–H groups in total. The van der Waals surface area contributed by atoms with Gasteiger partial charge in [-0.3, -0.25) is 9.59 Å². The normalized spacial score (nSPS) is 55.0. The highest BCUT2D eigenvalue weighted by molar-refractivity contribution is 5.76. The molecule has 2 saturated heterocycles. The Labute approximate surface area is 220 Å². The molecule has 0 aromatic heterocycles.